The second-order valence-corrected chi connectivity index (χ2v) is 9.00. The minimum absolute atomic E-state index is 0.169. The molecule has 0 N–H and O–H groups in total. The van der Waals surface area contributed by atoms with E-state index in [0.29, 0.717) is 19.0 Å². The van der Waals surface area contributed by atoms with Crippen molar-refractivity contribution < 1.29 is 9.18 Å². The maximum Gasteiger partial charge on any atom is 0.256 e. The summed E-state index contributed by atoms with van der Waals surface area (Å²) >= 11 is 0. The third kappa shape index (κ3) is 4.20. The number of amides is 1. The molecule has 2 aliphatic rings. The largest absolute Gasteiger partial charge is 0.336 e. The second-order valence-electron chi connectivity index (χ2n) is 9.00. The van der Waals surface area contributed by atoms with Gasteiger partial charge in [-0.15, -0.1) is 0 Å². The van der Waals surface area contributed by atoms with Crippen molar-refractivity contribution >= 4 is 5.91 Å². The number of nitrogens with zero attached hydrogens (tertiary/aromatic N) is 2. The highest BCUT2D eigenvalue weighted by Gasteiger charge is 2.41. The first-order valence-electron chi connectivity index (χ1n) is 11.6. The summed E-state index contributed by atoms with van der Waals surface area (Å²) in [6.45, 7) is 3.31. The third-order valence-corrected chi connectivity index (χ3v) is 7.18. The lowest BCUT2D eigenvalue weighted by Crippen LogP contribution is -2.45. The fraction of sp³-hybridized carbons (Fsp3) is 0.321. The van der Waals surface area contributed by atoms with Gasteiger partial charge in [0.15, 0.2) is 0 Å². The van der Waals surface area contributed by atoms with Crippen LogP contribution in [0.25, 0.3) is 0 Å². The van der Waals surface area contributed by atoms with Crippen molar-refractivity contribution in [3.63, 3.8) is 0 Å². The molecule has 0 radical (unpaired) electrons. The van der Waals surface area contributed by atoms with Crippen LogP contribution in [0.5, 0.6) is 0 Å². The van der Waals surface area contributed by atoms with Gasteiger partial charge in [0.05, 0.1) is 5.56 Å². The van der Waals surface area contributed by atoms with E-state index in [4.69, 9.17) is 0 Å². The molecule has 3 nitrogen and oxygen atoms in total. The number of carbonyl (C=O) groups excluding carboxylic acids is 1. The fourth-order valence-corrected chi connectivity index (χ4v) is 5.44. The van der Waals surface area contributed by atoms with Gasteiger partial charge in [-0.3, -0.25) is 9.69 Å². The molecule has 2 fully saturated rings. The molecule has 164 valence electrons. The summed E-state index contributed by atoms with van der Waals surface area (Å²) in [5.41, 5.74) is 2.85. The molecule has 2 heterocycles. The van der Waals surface area contributed by atoms with Crippen LogP contribution in [0.3, 0.4) is 0 Å². The maximum absolute atomic E-state index is 14.3. The number of rotatable bonds is 4. The van der Waals surface area contributed by atoms with Crippen LogP contribution in [-0.2, 0) is 0 Å². The summed E-state index contributed by atoms with van der Waals surface area (Å²) in [5.74, 6) is 0.187. The molecule has 0 aliphatic carbocycles. The first-order chi connectivity index (χ1) is 15.7. The number of hydrogen-bond acceptors (Lipinski definition) is 2. The van der Waals surface area contributed by atoms with Gasteiger partial charge in [-0.1, -0.05) is 72.8 Å². The van der Waals surface area contributed by atoms with E-state index >= 15 is 0 Å². The minimum atomic E-state index is -0.444. The molecule has 0 spiro atoms. The summed E-state index contributed by atoms with van der Waals surface area (Å²) in [4.78, 5) is 17.6. The standard InChI is InChI=1S/C28H29FN2O/c29-26-14-8-7-13-24(26)28(32)31-19-25(23-11-5-2-6-12-23)27(20-31)30-17-15-22(16-18-30)21-9-3-1-4-10-21/h1-14,22,25,27H,15-20H2/t25-,27+/m0/s1. The smallest absolute Gasteiger partial charge is 0.256 e. The molecule has 0 bridgehead atoms. The van der Waals surface area contributed by atoms with Gasteiger partial charge in [-0.25, -0.2) is 4.39 Å². The fourth-order valence-electron chi connectivity index (χ4n) is 5.44. The Morgan fingerprint density at radius 2 is 1.34 bits per heavy atom. The molecule has 32 heavy (non-hydrogen) atoms. The monoisotopic (exact) mass is 428 g/mol. The highest BCUT2D eigenvalue weighted by Crippen LogP contribution is 2.36. The van der Waals surface area contributed by atoms with E-state index < -0.39 is 5.82 Å². The summed E-state index contributed by atoms with van der Waals surface area (Å²) in [6.07, 6.45) is 2.26. The van der Waals surface area contributed by atoms with Crippen LogP contribution in [-0.4, -0.2) is 47.9 Å². The molecule has 2 aliphatic heterocycles. The van der Waals surface area contributed by atoms with E-state index in [0.717, 1.165) is 25.9 Å². The van der Waals surface area contributed by atoms with E-state index in [1.807, 2.05) is 11.0 Å². The summed E-state index contributed by atoms with van der Waals surface area (Å²) in [6, 6.07) is 27.8. The molecule has 3 aromatic carbocycles. The zero-order valence-corrected chi connectivity index (χ0v) is 18.2. The Balaban J connectivity index is 1.35. The summed E-state index contributed by atoms with van der Waals surface area (Å²) < 4.78 is 14.3. The van der Waals surface area contributed by atoms with Gasteiger partial charge >= 0.3 is 0 Å². The number of halogens is 1. The van der Waals surface area contributed by atoms with Crippen LogP contribution < -0.4 is 0 Å². The third-order valence-electron chi connectivity index (χ3n) is 7.18. The van der Waals surface area contributed by atoms with Crippen LogP contribution in [0.2, 0.25) is 0 Å². The molecule has 0 saturated carbocycles. The Kier molecular flexibility index (Phi) is 6.04. The van der Waals surface area contributed by atoms with Gasteiger partial charge in [0.2, 0.25) is 0 Å². The number of likely N-dealkylation sites (tertiary alicyclic amines) is 2. The maximum atomic E-state index is 14.3. The molecule has 3 aromatic rings. The van der Waals surface area contributed by atoms with Crippen molar-refractivity contribution in [1.29, 1.82) is 0 Å². The lowest BCUT2D eigenvalue weighted by atomic mass is 9.87. The number of carbonyl (C=O) groups is 1. The number of hydrogen-bond donors (Lipinski definition) is 0. The van der Waals surface area contributed by atoms with Gasteiger partial charge < -0.3 is 4.90 Å². The van der Waals surface area contributed by atoms with Crippen molar-refractivity contribution in [3.05, 3.63) is 107 Å². The van der Waals surface area contributed by atoms with Gasteiger partial charge in [0, 0.05) is 25.0 Å². The summed E-state index contributed by atoms with van der Waals surface area (Å²) in [5, 5.41) is 0. The molecule has 2 saturated heterocycles. The van der Waals surface area contributed by atoms with Gasteiger partial charge in [0.25, 0.3) is 5.91 Å². The highest BCUT2D eigenvalue weighted by atomic mass is 19.1. The van der Waals surface area contributed by atoms with E-state index in [1.165, 1.54) is 17.2 Å². The minimum Gasteiger partial charge on any atom is -0.336 e. The first-order valence-corrected chi connectivity index (χ1v) is 11.6. The second kappa shape index (κ2) is 9.25. The normalized spacial score (nSPS) is 22.2. The number of benzene rings is 3. The molecule has 1 amide bonds. The number of piperidine rings is 1. The molecule has 0 aromatic heterocycles. The van der Waals surface area contributed by atoms with Gasteiger partial charge in [-0.2, -0.15) is 0 Å². The van der Waals surface area contributed by atoms with E-state index in [-0.39, 0.29) is 23.4 Å². The average Bonchev–Trinajstić information content (AvgIpc) is 3.31. The Labute approximate surface area is 189 Å². The van der Waals surface area contributed by atoms with Crippen LogP contribution in [0, 0.1) is 5.82 Å². The lowest BCUT2D eigenvalue weighted by molar-refractivity contribution is 0.0764. The first kappa shape index (κ1) is 20.9. The highest BCUT2D eigenvalue weighted by molar-refractivity contribution is 5.94. The Hall–Kier alpha value is -2.98. The topological polar surface area (TPSA) is 23.6 Å². The molecule has 2 atom stereocenters. The van der Waals surface area contributed by atoms with Crippen molar-refractivity contribution in [2.24, 2.45) is 0 Å². The van der Waals surface area contributed by atoms with E-state index in [9.17, 15) is 9.18 Å². The molecular weight excluding hydrogens is 399 g/mol. The van der Waals surface area contributed by atoms with Gasteiger partial charge in [-0.05, 0) is 55.1 Å². The zero-order valence-electron chi connectivity index (χ0n) is 18.2. The average molecular weight is 429 g/mol. The molecule has 5 rings (SSSR count). The Morgan fingerprint density at radius 1 is 0.750 bits per heavy atom. The van der Waals surface area contributed by atoms with Crippen molar-refractivity contribution in [2.75, 3.05) is 26.2 Å². The quantitative estimate of drug-likeness (QED) is 0.562. The van der Waals surface area contributed by atoms with Crippen LogP contribution >= 0.6 is 0 Å². The lowest BCUT2D eigenvalue weighted by Gasteiger charge is -2.38. The van der Waals surface area contributed by atoms with Gasteiger partial charge in [0.1, 0.15) is 5.82 Å². The molecule has 4 heteroatoms. The van der Waals surface area contributed by atoms with Crippen molar-refractivity contribution in [1.82, 2.24) is 9.80 Å². The van der Waals surface area contributed by atoms with Crippen LogP contribution in [0.4, 0.5) is 4.39 Å². The predicted molar refractivity (Wildman–Crippen MR) is 125 cm³/mol. The Morgan fingerprint density at radius 3 is 2.00 bits per heavy atom. The van der Waals surface area contributed by atoms with E-state index in [2.05, 4.69) is 59.5 Å². The SMILES string of the molecule is O=C(c1ccccc1F)N1C[C@@H](N2CCC(c3ccccc3)CC2)[C@H](c2ccccc2)C1. The van der Waals surface area contributed by atoms with Crippen LogP contribution in [0.15, 0.2) is 84.9 Å². The van der Waals surface area contributed by atoms with Crippen molar-refractivity contribution in [2.45, 2.75) is 30.7 Å². The van der Waals surface area contributed by atoms with Crippen molar-refractivity contribution in [3.8, 4) is 0 Å². The molecule has 0 unspecified atom stereocenters. The van der Waals surface area contributed by atoms with E-state index in [1.54, 1.807) is 18.2 Å². The molecular formula is C28H29FN2O. The summed E-state index contributed by atoms with van der Waals surface area (Å²) in [7, 11) is 0. The van der Waals surface area contributed by atoms with Crippen LogP contribution in [0.1, 0.15) is 46.2 Å². The zero-order chi connectivity index (χ0) is 21.9. The Bertz CT molecular complexity index is 1050. The predicted octanol–water partition coefficient (Wildman–Crippen LogP) is 5.31.